The highest BCUT2D eigenvalue weighted by Gasteiger charge is 2.13. The van der Waals surface area contributed by atoms with Crippen LogP contribution in [-0.4, -0.2) is 9.38 Å². The van der Waals surface area contributed by atoms with Crippen molar-refractivity contribution in [3.63, 3.8) is 0 Å². The van der Waals surface area contributed by atoms with Gasteiger partial charge in [0.1, 0.15) is 11.5 Å². The lowest BCUT2D eigenvalue weighted by Gasteiger charge is -2.09. The number of hydrogen-bond acceptors (Lipinski definition) is 2. The molecule has 0 bridgehead atoms. The first-order chi connectivity index (χ1) is 9.74. The summed E-state index contributed by atoms with van der Waals surface area (Å²) in [6, 6.07) is 16.3. The first-order valence-electron chi connectivity index (χ1n) is 7.02. The Bertz CT molecular complexity index is 699. The fourth-order valence-corrected chi connectivity index (χ4v) is 2.36. The second kappa shape index (κ2) is 5.37. The zero-order valence-electron chi connectivity index (χ0n) is 11.9. The number of fused-ring (bicyclic) bond motifs is 1. The SMILES string of the molecule is CC(C)Cc1nc2ccccn2c1Nc1ccccc1. The third-order valence-corrected chi connectivity index (χ3v) is 3.24. The second-order valence-corrected chi connectivity index (χ2v) is 5.42. The molecule has 1 N–H and O–H groups in total. The van der Waals surface area contributed by atoms with Crippen molar-refractivity contribution in [1.82, 2.24) is 9.38 Å². The number of benzene rings is 1. The molecule has 0 aliphatic heterocycles. The molecule has 0 unspecified atom stereocenters. The van der Waals surface area contributed by atoms with Crippen molar-refractivity contribution < 1.29 is 0 Å². The summed E-state index contributed by atoms with van der Waals surface area (Å²) < 4.78 is 2.12. The van der Waals surface area contributed by atoms with Crippen molar-refractivity contribution >= 4 is 17.2 Å². The third-order valence-electron chi connectivity index (χ3n) is 3.24. The number of nitrogens with one attached hydrogen (secondary N) is 1. The van der Waals surface area contributed by atoms with Crippen LogP contribution in [0.25, 0.3) is 5.65 Å². The van der Waals surface area contributed by atoms with Gasteiger partial charge in [0.25, 0.3) is 0 Å². The van der Waals surface area contributed by atoms with E-state index in [1.807, 2.05) is 36.4 Å². The Kier molecular flexibility index (Phi) is 3.42. The zero-order valence-corrected chi connectivity index (χ0v) is 11.9. The molecular weight excluding hydrogens is 246 g/mol. The molecule has 0 spiro atoms. The second-order valence-electron chi connectivity index (χ2n) is 5.42. The molecule has 3 heteroatoms. The van der Waals surface area contributed by atoms with Gasteiger partial charge in [0, 0.05) is 11.9 Å². The maximum atomic E-state index is 4.75. The number of para-hydroxylation sites is 1. The van der Waals surface area contributed by atoms with Gasteiger partial charge in [0.15, 0.2) is 0 Å². The minimum Gasteiger partial charge on any atom is -0.340 e. The summed E-state index contributed by atoms with van der Waals surface area (Å²) in [5.74, 6) is 1.65. The van der Waals surface area contributed by atoms with E-state index in [0.717, 1.165) is 29.3 Å². The molecule has 102 valence electrons. The molecule has 0 amide bonds. The number of rotatable bonds is 4. The normalized spacial score (nSPS) is 11.2. The van der Waals surface area contributed by atoms with Crippen molar-refractivity contribution in [2.24, 2.45) is 5.92 Å². The Hall–Kier alpha value is -2.29. The minimum atomic E-state index is 0.580. The van der Waals surface area contributed by atoms with Crippen LogP contribution < -0.4 is 5.32 Å². The number of imidazole rings is 1. The standard InChI is InChI=1S/C17H19N3/c1-13(2)12-15-17(18-14-8-4-3-5-9-14)20-11-7-6-10-16(20)19-15/h3-11,13,18H,12H2,1-2H3. The molecule has 0 saturated carbocycles. The molecule has 2 aromatic heterocycles. The predicted octanol–water partition coefficient (Wildman–Crippen LogP) is 4.28. The van der Waals surface area contributed by atoms with Crippen molar-refractivity contribution in [3.8, 4) is 0 Å². The van der Waals surface area contributed by atoms with Crippen LogP contribution in [-0.2, 0) is 6.42 Å². The Morgan fingerprint density at radius 2 is 1.80 bits per heavy atom. The van der Waals surface area contributed by atoms with E-state index < -0.39 is 0 Å². The molecule has 1 aromatic carbocycles. The number of pyridine rings is 1. The highest BCUT2D eigenvalue weighted by Crippen LogP contribution is 2.24. The van der Waals surface area contributed by atoms with Crippen molar-refractivity contribution in [2.75, 3.05) is 5.32 Å². The van der Waals surface area contributed by atoms with Crippen LogP contribution in [0.5, 0.6) is 0 Å². The summed E-state index contributed by atoms with van der Waals surface area (Å²) in [7, 11) is 0. The molecule has 20 heavy (non-hydrogen) atoms. The van der Waals surface area contributed by atoms with Gasteiger partial charge in [-0.1, -0.05) is 38.1 Å². The van der Waals surface area contributed by atoms with Gasteiger partial charge in [0.05, 0.1) is 5.69 Å². The van der Waals surface area contributed by atoms with Gasteiger partial charge < -0.3 is 5.32 Å². The number of hydrogen-bond donors (Lipinski definition) is 1. The van der Waals surface area contributed by atoms with Crippen molar-refractivity contribution in [2.45, 2.75) is 20.3 Å². The number of anilines is 2. The average Bonchev–Trinajstić information content (AvgIpc) is 2.77. The molecule has 0 aliphatic rings. The lowest BCUT2D eigenvalue weighted by atomic mass is 10.1. The average molecular weight is 265 g/mol. The van der Waals surface area contributed by atoms with Crippen LogP contribution in [0.2, 0.25) is 0 Å². The molecular formula is C17H19N3. The van der Waals surface area contributed by atoms with Crippen LogP contribution in [0.4, 0.5) is 11.5 Å². The molecule has 3 rings (SSSR count). The van der Waals surface area contributed by atoms with Gasteiger partial charge in [-0.3, -0.25) is 4.40 Å². The fraction of sp³-hybridized carbons (Fsp3) is 0.235. The lowest BCUT2D eigenvalue weighted by Crippen LogP contribution is -2.01. The topological polar surface area (TPSA) is 29.3 Å². The van der Waals surface area contributed by atoms with Gasteiger partial charge in [-0.2, -0.15) is 0 Å². The maximum absolute atomic E-state index is 4.75. The molecule has 0 atom stereocenters. The number of nitrogens with zero attached hydrogens (tertiary/aromatic N) is 2. The van der Waals surface area contributed by atoms with Crippen LogP contribution >= 0.6 is 0 Å². The highest BCUT2D eigenvalue weighted by molar-refractivity contribution is 5.63. The van der Waals surface area contributed by atoms with E-state index in [-0.39, 0.29) is 0 Å². The summed E-state index contributed by atoms with van der Waals surface area (Å²) in [5, 5.41) is 3.50. The van der Waals surface area contributed by atoms with E-state index in [2.05, 4.69) is 41.9 Å². The summed E-state index contributed by atoms with van der Waals surface area (Å²) in [6.45, 7) is 4.44. The van der Waals surface area contributed by atoms with Gasteiger partial charge in [-0.15, -0.1) is 0 Å². The Labute approximate surface area is 119 Å². The van der Waals surface area contributed by atoms with Crippen LogP contribution in [0, 0.1) is 5.92 Å². The third kappa shape index (κ3) is 2.52. The summed E-state index contributed by atoms with van der Waals surface area (Å²) >= 11 is 0. The first kappa shape index (κ1) is 12.7. The van der Waals surface area contributed by atoms with Crippen LogP contribution in [0.15, 0.2) is 54.7 Å². The van der Waals surface area contributed by atoms with Gasteiger partial charge in [-0.25, -0.2) is 4.98 Å². The number of aromatic nitrogens is 2. The first-order valence-corrected chi connectivity index (χ1v) is 7.02. The quantitative estimate of drug-likeness (QED) is 0.763. The van der Waals surface area contributed by atoms with Crippen molar-refractivity contribution in [3.05, 3.63) is 60.4 Å². The Morgan fingerprint density at radius 3 is 2.55 bits per heavy atom. The van der Waals surface area contributed by atoms with E-state index in [1.54, 1.807) is 0 Å². The zero-order chi connectivity index (χ0) is 13.9. The largest absolute Gasteiger partial charge is 0.340 e. The molecule has 0 aliphatic carbocycles. The minimum absolute atomic E-state index is 0.580. The Morgan fingerprint density at radius 1 is 1.05 bits per heavy atom. The van der Waals surface area contributed by atoms with Gasteiger partial charge in [-0.05, 0) is 36.6 Å². The smallest absolute Gasteiger partial charge is 0.138 e. The van der Waals surface area contributed by atoms with Crippen molar-refractivity contribution in [1.29, 1.82) is 0 Å². The predicted molar refractivity (Wildman–Crippen MR) is 83.5 cm³/mol. The van der Waals surface area contributed by atoms with E-state index in [1.165, 1.54) is 0 Å². The van der Waals surface area contributed by atoms with Gasteiger partial charge >= 0.3 is 0 Å². The molecule has 3 aromatic rings. The fourth-order valence-electron chi connectivity index (χ4n) is 2.36. The summed E-state index contributed by atoms with van der Waals surface area (Å²) in [6.07, 6.45) is 3.02. The molecule has 2 heterocycles. The molecule has 0 radical (unpaired) electrons. The van der Waals surface area contributed by atoms with Crippen LogP contribution in [0.1, 0.15) is 19.5 Å². The highest BCUT2D eigenvalue weighted by atomic mass is 15.1. The molecule has 0 fully saturated rings. The molecule has 0 saturated heterocycles. The molecule has 3 nitrogen and oxygen atoms in total. The van der Waals surface area contributed by atoms with Crippen LogP contribution in [0.3, 0.4) is 0 Å². The summed E-state index contributed by atoms with van der Waals surface area (Å²) in [5.41, 5.74) is 3.19. The monoisotopic (exact) mass is 265 g/mol. The van der Waals surface area contributed by atoms with E-state index in [9.17, 15) is 0 Å². The lowest BCUT2D eigenvalue weighted by molar-refractivity contribution is 0.639. The van der Waals surface area contributed by atoms with E-state index in [4.69, 9.17) is 4.98 Å². The van der Waals surface area contributed by atoms with Gasteiger partial charge in [0.2, 0.25) is 0 Å². The van der Waals surface area contributed by atoms with E-state index in [0.29, 0.717) is 5.92 Å². The maximum Gasteiger partial charge on any atom is 0.138 e. The summed E-state index contributed by atoms with van der Waals surface area (Å²) in [4.78, 5) is 4.75. The Balaban J connectivity index is 2.06. The van der Waals surface area contributed by atoms with E-state index >= 15 is 0 Å².